The second-order valence-corrected chi connectivity index (χ2v) is 7.75. The number of nitrogens with zero attached hydrogens (tertiary/aromatic N) is 1. The zero-order valence-electron chi connectivity index (χ0n) is 11.7. The van der Waals surface area contributed by atoms with Gasteiger partial charge in [-0.15, -0.1) is 11.3 Å². The van der Waals surface area contributed by atoms with E-state index in [9.17, 15) is 17.9 Å². The van der Waals surface area contributed by atoms with Crippen LogP contribution in [0.3, 0.4) is 0 Å². The Kier molecular flexibility index (Phi) is 4.77. The Labute approximate surface area is 127 Å². The van der Waals surface area contributed by atoms with Gasteiger partial charge in [0.05, 0.1) is 4.90 Å². The van der Waals surface area contributed by atoms with Crippen LogP contribution in [0.4, 0.5) is 4.39 Å². The van der Waals surface area contributed by atoms with Crippen molar-refractivity contribution in [1.82, 2.24) is 4.31 Å². The standard InChI is InChI=1S/C14H16FNO3S2/c1-10-8-11(5-6-12(10)15)21(18,19)16(2)9-13(17)14-4-3-7-20-14/h3-8,13,17H,9H2,1-2H3. The topological polar surface area (TPSA) is 57.6 Å². The molecule has 0 spiro atoms. The molecule has 0 saturated heterocycles. The number of aliphatic hydroxyl groups excluding tert-OH is 1. The molecule has 4 nitrogen and oxygen atoms in total. The zero-order chi connectivity index (χ0) is 15.6. The molecule has 0 aliphatic rings. The van der Waals surface area contributed by atoms with Gasteiger partial charge in [-0.25, -0.2) is 12.8 Å². The minimum atomic E-state index is -3.75. The summed E-state index contributed by atoms with van der Waals surface area (Å²) in [6, 6.07) is 7.19. The second kappa shape index (κ2) is 6.23. The van der Waals surface area contributed by atoms with Gasteiger partial charge in [-0.05, 0) is 42.1 Å². The van der Waals surface area contributed by atoms with Crippen LogP contribution < -0.4 is 0 Å². The highest BCUT2D eigenvalue weighted by Crippen LogP contribution is 2.23. The van der Waals surface area contributed by atoms with Crippen LogP contribution in [-0.4, -0.2) is 31.4 Å². The largest absolute Gasteiger partial charge is 0.386 e. The van der Waals surface area contributed by atoms with E-state index >= 15 is 0 Å². The molecule has 1 N–H and O–H groups in total. The number of hydrogen-bond donors (Lipinski definition) is 1. The summed E-state index contributed by atoms with van der Waals surface area (Å²) in [7, 11) is -2.36. The Balaban J connectivity index is 2.20. The fraction of sp³-hybridized carbons (Fsp3) is 0.286. The highest BCUT2D eigenvalue weighted by Gasteiger charge is 2.24. The third-order valence-electron chi connectivity index (χ3n) is 3.14. The van der Waals surface area contributed by atoms with E-state index in [0.29, 0.717) is 4.88 Å². The van der Waals surface area contributed by atoms with E-state index < -0.39 is 21.9 Å². The normalized spacial score (nSPS) is 13.6. The molecule has 0 aliphatic heterocycles. The van der Waals surface area contributed by atoms with Crippen molar-refractivity contribution in [3.8, 4) is 0 Å². The van der Waals surface area contributed by atoms with Crippen LogP contribution in [0.15, 0.2) is 40.6 Å². The van der Waals surface area contributed by atoms with Gasteiger partial charge in [-0.2, -0.15) is 4.31 Å². The number of aryl methyl sites for hydroxylation is 1. The summed E-state index contributed by atoms with van der Waals surface area (Å²) in [4.78, 5) is 0.717. The van der Waals surface area contributed by atoms with E-state index in [1.165, 1.54) is 37.4 Å². The number of likely N-dealkylation sites (N-methyl/N-ethyl adjacent to an activating group) is 1. The summed E-state index contributed by atoms with van der Waals surface area (Å²) < 4.78 is 39.1. The average molecular weight is 329 g/mol. The molecular weight excluding hydrogens is 313 g/mol. The van der Waals surface area contributed by atoms with Crippen molar-refractivity contribution in [1.29, 1.82) is 0 Å². The molecule has 0 fully saturated rings. The second-order valence-electron chi connectivity index (χ2n) is 4.73. The quantitative estimate of drug-likeness (QED) is 0.917. The van der Waals surface area contributed by atoms with Crippen molar-refractivity contribution in [2.24, 2.45) is 0 Å². The predicted octanol–water partition coefficient (Wildman–Crippen LogP) is 2.55. The molecular formula is C14H16FNO3S2. The summed E-state index contributed by atoms with van der Waals surface area (Å²) in [6.45, 7) is 1.45. The molecule has 0 saturated carbocycles. The van der Waals surface area contributed by atoms with Crippen molar-refractivity contribution in [2.45, 2.75) is 17.9 Å². The van der Waals surface area contributed by atoms with E-state index in [1.54, 1.807) is 12.1 Å². The molecule has 1 aromatic heterocycles. The number of sulfonamides is 1. The van der Waals surface area contributed by atoms with Gasteiger partial charge in [-0.3, -0.25) is 0 Å². The first-order valence-electron chi connectivity index (χ1n) is 6.26. The van der Waals surface area contributed by atoms with Crippen LogP contribution in [0.5, 0.6) is 0 Å². The highest BCUT2D eigenvalue weighted by atomic mass is 32.2. The molecule has 21 heavy (non-hydrogen) atoms. The summed E-state index contributed by atoms with van der Waals surface area (Å²) in [5, 5.41) is 11.8. The van der Waals surface area contributed by atoms with Gasteiger partial charge in [0.15, 0.2) is 0 Å². The SMILES string of the molecule is Cc1cc(S(=O)(=O)N(C)CC(O)c2cccs2)ccc1F. The maximum absolute atomic E-state index is 13.2. The van der Waals surface area contributed by atoms with Crippen LogP contribution in [0, 0.1) is 12.7 Å². The Hall–Kier alpha value is -1.28. The third kappa shape index (κ3) is 3.49. The minimum absolute atomic E-state index is 0.0160. The van der Waals surface area contributed by atoms with Crippen molar-refractivity contribution >= 4 is 21.4 Å². The summed E-state index contributed by atoms with van der Waals surface area (Å²) >= 11 is 1.36. The molecule has 7 heteroatoms. The maximum Gasteiger partial charge on any atom is 0.242 e. The Morgan fingerprint density at radius 2 is 2.10 bits per heavy atom. The first-order valence-corrected chi connectivity index (χ1v) is 8.58. The summed E-state index contributed by atoms with van der Waals surface area (Å²) in [6.07, 6.45) is -0.883. The molecule has 1 atom stereocenters. The number of hydrogen-bond acceptors (Lipinski definition) is 4. The molecule has 0 aliphatic carbocycles. The van der Waals surface area contributed by atoms with Gasteiger partial charge < -0.3 is 5.11 Å². The lowest BCUT2D eigenvalue weighted by molar-refractivity contribution is 0.158. The fourth-order valence-electron chi connectivity index (χ4n) is 1.87. The molecule has 1 heterocycles. The fourth-order valence-corrected chi connectivity index (χ4v) is 3.84. The summed E-state index contributed by atoms with van der Waals surface area (Å²) in [5.41, 5.74) is 0.267. The zero-order valence-corrected chi connectivity index (χ0v) is 13.3. The summed E-state index contributed by atoms with van der Waals surface area (Å²) in [5.74, 6) is -0.449. The first-order chi connectivity index (χ1) is 9.82. The molecule has 0 bridgehead atoms. The predicted molar refractivity (Wildman–Crippen MR) is 80.2 cm³/mol. The van der Waals surface area contributed by atoms with Gasteiger partial charge in [0.25, 0.3) is 0 Å². The van der Waals surface area contributed by atoms with Gasteiger partial charge in [0.2, 0.25) is 10.0 Å². The number of aliphatic hydroxyl groups is 1. The van der Waals surface area contributed by atoms with E-state index in [1.807, 2.05) is 5.38 Å². The van der Waals surface area contributed by atoms with Crippen molar-refractivity contribution < 1.29 is 17.9 Å². The number of benzene rings is 1. The first kappa shape index (κ1) is 16.1. The van der Waals surface area contributed by atoms with Gasteiger partial charge in [0.1, 0.15) is 11.9 Å². The van der Waals surface area contributed by atoms with Crippen LogP contribution in [0.25, 0.3) is 0 Å². The van der Waals surface area contributed by atoms with Crippen LogP contribution in [0.2, 0.25) is 0 Å². The molecule has 2 aromatic rings. The third-order valence-corrected chi connectivity index (χ3v) is 5.93. The number of thiophene rings is 1. The van der Waals surface area contributed by atoms with Crippen molar-refractivity contribution in [2.75, 3.05) is 13.6 Å². The Morgan fingerprint density at radius 3 is 2.67 bits per heavy atom. The lowest BCUT2D eigenvalue weighted by Crippen LogP contribution is -2.31. The smallest absolute Gasteiger partial charge is 0.242 e. The monoisotopic (exact) mass is 329 g/mol. The van der Waals surface area contributed by atoms with Crippen LogP contribution >= 0.6 is 11.3 Å². The van der Waals surface area contributed by atoms with Gasteiger partial charge in [0, 0.05) is 18.5 Å². The van der Waals surface area contributed by atoms with E-state index in [2.05, 4.69) is 0 Å². The lowest BCUT2D eigenvalue weighted by atomic mass is 10.2. The number of rotatable bonds is 5. The maximum atomic E-state index is 13.2. The van der Waals surface area contributed by atoms with Gasteiger partial charge >= 0.3 is 0 Å². The van der Waals surface area contributed by atoms with Crippen molar-refractivity contribution in [3.63, 3.8) is 0 Å². The van der Waals surface area contributed by atoms with E-state index in [-0.39, 0.29) is 17.0 Å². The van der Waals surface area contributed by atoms with E-state index in [4.69, 9.17) is 0 Å². The van der Waals surface area contributed by atoms with Crippen molar-refractivity contribution in [3.05, 3.63) is 52.0 Å². The molecule has 1 aromatic carbocycles. The number of halogens is 1. The molecule has 0 radical (unpaired) electrons. The lowest BCUT2D eigenvalue weighted by Gasteiger charge is -2.20. The Morgan fingerprint density at radius 1 is 1.38 bits per heavy atom. The van der Waals surface area contributed by atoms with Gasteiger partial charge in [-0.1, -0.05) is 6.07 Å². The van der Waals surface area contributed by atoms with Crippen LogP contribution in [-0.2, 0) is 10.0 Å². The average Bonchev–Trinajstić information content (AvgIpc) is 2.95. The molecule has 0 amide bonds. The molecule has 1 unspecified atom stereocenters. The molecule has 2 rings (SSSR count). The highest BCUT2D eigenvalue weighted by molar-refractivity contribution is 7.89. The minimum Gasteiger partial charge on any atom is -0.386 e. The molecule has 114 valence electrons. The van der Waals surface area contributed by atoms with Crippen LogP contribution in [0.1, 0.15) is 16.5 Å². The van der Waals surface area contributed by atoms with E-state index in [0.717, 1.165) is 10.4 Å². The Bertz CT molecular complexity index is 714.